The Morgan fingerprint density at radius 1 is 1.03 bits per heavy atom. The van der Waals surface area contributed by atoms with Gasteiger partial charge in [-0.1, -0.05) is 56.6 Å². The molecule has 7 nitrogen and oxygen atoms in total. The van der Waals surface area contributed by atoms with Crippen molar-refractivity contribution in [2.45, 2.75) is 59.9 Å². The number of amides is 3. The average Bonchev–Trinajstić information content (AvgIpc) is 3.18. The van der Waals surface area contributed by atoms with Crippen LogP contribution in [0.4, 0.5) is 16.3 Å². The predicted molar refractivity (Wildman–Crippen MR) is 143 cm³/mol. The van der Waals surface area contributed by atoms with Gasteiger partial charge in [-0.25, -0.2) is 9.48 Å². The van der Waals surface area contributed by atoms with Crippen molar-refractivity contribution in [3.63, 3.8) is 0 Å². The van der Waals surface area contributed by atoms with Gasteiger partial charge in [-0.05, 0) is 57.0 Å². The summed E-state index contributed by atoms with van der Waals surface area (Å²) in [6, 6.07) is 14.5. The molecule has 3 amide bonds. The summed E-state index contributed by atoms with van der Waals surface area (Å²) in [5.41, 5.74) is 4.06. The van der Waals surface area contributed by atoms with Crippen molar-refractivity contribution in [2.24, 2.45) is 0 Å². The number of carbonyl (C=O) groups is 2. The molecule has 0 fully saturated rings. The van der Waals surface area contributed by atoms with Crippen molar-refractivity contribution >= 4 is 35.0 Å². The third-order valence-electron chi connectivity index (χ3n) is 5.71. The molecule has 0 radical (unpaired) electrons. The van der Waals surface area contributed by atoms with E-state index in [2.05, 4.69) is 31.4 Å². The van der Waals surface area contributed by atoms with Crippen LogP contribution in [0.1, 0.15) is 51.4 Å². The summed E-state index contributed by atoms with van der Waals surface area (Å²) in [6.07, 6.45) is 0. The number of benzene rings is 2. The van der Waals surface area contributed by atoms with Crippen molar-refractivity contribution in [1.82, 2.24) is 14.7 Å². The minimum absolute atomic E-state index is 0.118. The molecule has 0 atom stereocenters. The van der Waals surface area contributed by atoms with Crippen LogP contribution in [0.15, 0.2) is 48.5 Å². The highest BCUT2D eigenvalue weighted by molar-refractivity contribution is 6.31. The molecular weight excluding hydrogens is 462 g/mol. The van der Waals surface area contributed by atoms with Crippen LogP contribution in [0.5, 0.6) is 0 Å². The van der Waals surface area contributed by atoms with Gasteiger partial charge in [0, 0.05) is 28.2 Å². The van der Waals surface area contributed by atoms with E-state index in [1.807, 2.05) is 64.1 Å². The van der Waals surface area contributed by atoms with Gasteiger partial charge in [0.1, 0.15) is 12.4 Å². The van der Waals surface area contributed by atoms with Crippen LogP contribution in [0.3, 0.4) is 0 Å². The van der Waals surface area contributed by atoms with Gasteiger partial charge in [0.25, 0.3) is 0 Å². The second-order valence-electron chi connectivity index (χ2n) is 10.0. The number of anilines is 2. The van der Waals surface area contributed by atoms with Gasteiger partial charge < -0.3 is 15.5 Å². The number of nitrogens with one attached hydrogen (secondary N) is 2. The minimum atomic E-state index is -0.377. The fourth-order valence-corrected chi connectivity index (χ4v) is 3.69. The maximum atomic E-state index is 13.1. The molecule has 0 spiro atoms. The zero-order valence-electron chi connectivity index (χ0n) is 21.4. The highest BCUT2D eigenvalue weighted by Gasteiger charge is 2.24. The molecule has 1 aromatic heterocycles. The summed E-state index contributed by atoms with van der Waals surface area (Å²) >= 11 is 6.19. The number of halogens is 1. The number of rotatable bonds is 6. The second kappa shape index (κ2) is 10.5. The zero-order valence-corrected chi connectivity index (χ0v) is 22.2. The summed E-state index contributed by atoms with van der Waals surface area (Å²) < 4.78 is 1.75. The van der Waals surface area contributed by atoms with Crippen molar-refractivity contribution in [3.05, 3.63) is 70.4 Å². The van der Waals surface area contributed by atoms with E-state index in [0.29, 0.717) is 16.5 Å². The van der Waals surface area contributed by atoms with Crippen LogP contribution >= 0.6 is 11.6 Å². The molecule has 35 heavy (non-hydrogen) atoms. The van der Waals surface area contributed by atoms with Crippen molar-refractivity contribution in [2.75, 3.05) is 17.2 Å². The Balaban J connectivity index is 1.82. The number of urea groups is 1. The lowest BCUT2D eigenvalue weighted by atomic mass is 9.92. The van der Waals surface area contributed by atoms with E-state index in [9.17, 15) is 9.59 Å². The Morgan fingerprint density at radius 2 is 1.71 bits per heavy atom. The molecule has 8 heteroatoms. The molecule has 0 aliphatic heterocycles. The lowest BCUT2D eigenvalue weighted by molar-refractivity contribution is -0.117. The lowest BCUT2D eigenvalue weighted by Crippen LogP contribution is -2.44. The summed E-state index contributed by atoms with van der Waals surface area (Å²) in [4.78, 5) is 27.6. The predicted octanol–water partition coefficient (Wildman–Crippen LogP) is 6.32. The van der Waals surface area contributed by atoms with Gasteiger partial charge in [0.05, 0.1) is 11.4 Å². The number of aromatic nitrogens is 2. The number of carbonyl (C=O) groups excluding carboxylic acids is 2. The van der Waals surface area contributed by atoms with Crippen LogP contribution in [0, 0.1) is 13.8 Å². The van der Waals surface area contributed by atoms with Crippen LogP contribution in [-0.4, -0.2) is 39.2 Å². The quantitative estimate of drug-likeness (QED) is 0.420. The lowest BCUT2D eigenvalue weighted by Gasteiger charge is -2.26. The Bertz CT molecular complexity index is 1230. The Morgan fingerprint density at radius 3 is 2.31 bits per heavy atom. The maximum absolute atomic E-state index is 13.1. The van der Waals surface area contributed by atoms with Gasteiger partial charge in [-0.15, -0.1) is 0 Å². The molecule has 0 saturated carbocycles. The molecule has 3 rings (SSSR count). The molecule has 1 heterocycles. The Hall–Kier alpha value is -3.32. The number of hydrogen-bond donors (Lipinski definition) is 2. The molecule has 0 unspecified atom stereocenters. The first-order chi connectivity index (χ1) is 16.4. The van der Waals surface area contributed by atoms with Gasteiger partial charge >= 0.3 is 6.03 Å². The molecule has 0 saturated heterocycles. The van der Waals surface area contributed by atoms with Gasteiger partial charge in [0.2, 0.25) is 5.91 Å². The summed E-state index contributed by atoms with van der Waals surface area (Å²) in [6.45, 7) is 13.7. The smallest absolute Gasteiger partial charge is 0.313 e. The number of para-hydroxylation sites is 1. The first-order valence-electron chi connectivity index (χ1n) is 11.7. The number of nitrogens with zero attached hydrogens (tertiary/aromatic N) is 3. The summed E-state index contributed by atoms with van der Waals surface area (Å²) in [5, 5.41) is 11.2. The SMILES string of the molecule is Cc1ccc(NC(=O)N(CC(=O)Nc2cc(C(C)(C)C)nn2-c2ccccc2C)C(C)C)cc1Cl. The summed E-state index contributed by atoms with van der Waals surface area (Å²) in [7, 11) is 0. The van der Waals surface area contributed by atoms with Gasteiger partial charge in [-0.2, -0.15) is 5.10 Å². The zero-order chi connectivity index (χ0) is 25.9. The molecule has 2 N–H and O–H groups in total. The van der Waals surface area contributed by atoms with Crippen LogP contribution < -0.4 is 10.6 Å². The van der Waals surface area contributed by atoms with E-state index in [1.54, 1.807) is 16.8 Å². The fourth-order valence-electron chi connectivity index (χ4n) is 3.51. The van der Waals surface area contributed by atoms with E-state index < -0.39 is 0 Å². The molecule has 0 bridgehead atoms. The molecule has 0 aliphatic carbocycles. The standard InChI is InChI=1S/C27H34ClN5O2/c1-17(2)32(26(35)29-20-13-12-18(3)21(28)14-20)16-25(34)30-24-15-23(27(5,6)7)31-33(24)22-11-9-8-10-19(22)4/h8-15,17H,16H2,1-7H3,(H,29,35)(H,30,34). The highest BCUT2D eigenvalue weighted by atomic mass is 35.5. The van der Waals surface area contributed by atoms with Crippen molar-refractivity contribution in [3.8, 4) is 5.69 Å². The Kier molecular flexibility index (Phi) is 7.90. The normalized spacial score (nSPS) is 11.5. The van der Waals surface area contributed by atoms with Gasteiger partial charge in [0.15, 0.2) is 0 Å². The maximum Gasteiger partial charge on any atom is 0.322 e. The Labute approximate surface area is 212 Å². The van der Waals surface area contributed by atoms with E-state index in [1.165, 1.54) is 4.90 Å². The highest BCUT2D eigenvalue weighted by Crippen LogP contribution is 2.27. The second-order valence-corrected chi connectivity index (χ2v) is 10.4. The van der Waals surface area contributed by atoms with Crippen LogP contribution in [-0.2, 0) is 10.2 Å². The molecular formula is C27H34ClN5O2. The van der Waals surface area contributed by atoms with E-state index >= 15 is 0 Å². The number of hydrogen-bond acceptors (Lipinski definition) is 3. The topological polar surface area (TPSA) is 79.3 Å². The van der Waals surface area contributed by atoms with E-state index in [0.717, 1.165) is 22.5 Å². The third kappa shape index (κ3) is 6.42. The molecule has 3 aromatic rings. The molecule has 2 aromatic carbocycles. The third-order valence-corrected chi connectivity index (χ3v) is 6.12. The van der Waals surface area contributed by atoms with E-state index in [4.69, 9.17) is 16.7 Å². The largest absolute Gasteiger partial charge is 0.322 e. The number of aryl methyl sites for hydroxylation is 2. The van der Waals surface area contributed by atoms with E-state index in [-0.39, 0.29) is 29.9 Å². The molecule has 0 aliphatic rings. The van der Waals surface area contributed by atoms with Crippen LogP contribution in [0.25, 0.3) is 5.69 Å². The van der Waals surface area contributed by atoms with Crippen molar-refractivity contribution in [1.29, 1.82) is 0 Å². The summed E-state index contributed by atoms with van der Waals surface area (Å²) in [5.74, 6) is 0.245. The monoisotopic (exact) mass is 495 g/mol. The fraction of sp³-hybridized carbons (Fsp3) is 0.370. The first-order valence-corrected chi connectivity index (χ1v) is 12.0. The average molecular weight is 496 g/mol. The van der Waals surface area contributed by atoms with Crippen molar-refractivity contribution < 1.29 is 9.59 Å². The van der Waals surface area contributed by atoms with Gasteiger partial charge in [-0.3, -0.25) is 4.79 Å². The van der Waals surface area contributed by atoms with Crippen LogP contribution in [0.2, 0.25) is 5.02 Å². The first kappa shape index (κ1) is 26.3. The molecule has 186 valence electrons. The minimum Gasteiger partial charge on any atom is -0.313 e.